The summed E-state index contributed by atoms with van der Waals surface area (Å²) in [6, 6.07) is 12.1. The maximum absolute atomic E-state index is 11.6. The second kappa shape index (κ2) is 6.87. The smallest absolute Gasteiger partial charge is 0.247 e. The van der Waals surface area contributed by atoms with Gasteiger partial charge in [-0.2, -0.15) is 9.50 Å². The minimum Gasteiger partial charge on any atom is -0.393 e. The average molecular weight is 379 g/mol. The van der Waals surface area contributed by atoms with Gasteiger partial charge in [0.25, 0.3) is 0 Å². The van der Waals surface area contributed by atoms with Crippen LogP contribution in [0, 0.1) is 4.91 Å². The molecule has 0 amide bonds. The number of aliphatic hydroxyl groups is 1. The highest BCUT2D eigenvalue weighted by Crippen LogP contribution is 2.26. The summed E-state index contributed by atoms with van der Waals surface area (Å²) in [5, 5.41) is 21.1. The molecule has 144 valence electrons. The Morgan fingerprint density at radius 1 is 1.07 bits per heavy atom. The van der Waals surface area contributed by atoms with Crippen molar-refractivity contribution in [3.63, 3.8) is 0 Å². The molecule has 3 aromatic rings. The van der Waals surface area contributed by atoms with Crippen LogP contribution in [0.25, 0.3) is 5.65 Å². The van der Waals surface area contributed by atoms with Crippen LogP contribution in [-0.4, -0.2) is 36.6 Å². The molecule has 3 heterocycles. The standard InChI is InChI=1S/C20H23N6O2/c27-17-8-6-15(7-9-17)21-18-2-1-3-19-23-20(24-26(18)19)22-16-5-4-13-11-25(28)12-14(13)10-16/h1-5,10,15,17,21,27H,6-9,11-12H2,(H,22,24)/q+1/t15-,17+. The van der Waals surface area contributed by atoms with Crippen LogP contribution < -0.4 is 10.6 Å². The molecular formula is C20H23N6O2+. The summed E-state index contributed by atoms with van der Waals surface area (Å²) in [7, 11) is 0. The molecule has 0 spiro atoms. The summed E-state index contributed by atoms with van der Waals surface area (Å²) in [5.41, 5.74) is 3.76. The Morgan fingerprint density at radius 3 is 2.75 bits per heavy atom. The van der Waals surface area contributed by atoms with E-state index in [4.69, 9.17) is 0 Å². The zero-order valence-electron chi connectivity index (χ0n) is 15.5. The largest absolute Gasteiger partial charge is 0.393 e. The van der Waals surface area contributed by atoms with Gasteiger partial charge in [-0.25, -0.2) is 0 Å². The molecule has 2 aliphatic rings. The van der Waals surface area contributed by atoms with Crippen LogP contribution in [-0.2, 0) is 13.1 Å². The van der Waals surface area contributed by atoms with E-state index in [9.17, 15) is 10.0 Å². The number of nitrogens with zero attached hydrogens (tertiary/aromatic N) is 4. The lowest BCUT2D eigenvalue weighted by atomic mass is 9.93. The maximum atomic E-state index is 11.6. The van der Waals surface area contributed by atoms with Crippen molar-refractivity contribution in [2.75, 3.05) is 10.6 Å². The normalized spacial score (nSPS) is 21.7. The van der Waals surface area contributed by atoms with Crippen LogP contribution in [0.5, 0.6) is 0 Å². The maximum Gasteiger partial charge on any atom is 0.247 e. The first kappa shape index (κ1) is 17.1. The van der Waals surface area contributed by atoms with Gasteiger partial charge in [0.15, 0.2) is 5.65 Å². The SMILES string of the molecule is O=[N+]1Cc2ccc(Nc3nc4cccc(N[C@H]5CC[C@@H](O)CC5)n4n3)cc2C1. The molecule has 1 aromatic carbocycles. The number of hydrogen-bond acceptors (Lipinski definition) is 6. The topological polar surface area (TPSA) is 94.6 Å². The molecule has 3 N–H and O–H groups in total. The number of fused-ring (bicyclic) bond motifs is 2. The molecule has 5 rings (SSSR count). The average Bonchev–Trinajstić information content (AvgIpc) is 3.26. The molecule has 1 saturated carbocycles. The van der Waals surface area contributed by atoms with E-state index >= 15 is 0 Å². The van der Waals surface area contributed by atoms with Gasteiger partial charge in [-0.3, -0.25) is 0 Å². The molecule has 1 aliphatic carbocycles. The first-order valence-electron chi connectivity index (χ1n) is 9.75. The Balaban J connectivity index is 1.37. The Bertz CT molecular complexity index is 1040. The number of pyridine rings is 1. The summed E-state index contributed by atoms with van der Waals surface area (Å²) in [4.78, 5) is 16.1. The van der Waals surface area contributed by atoms with E-state index in [1.807, 2.05) is 36.4 Å². The van der Waals surface area contributed by atoms with Crippen molar-refractivity contribution in [3.05, 3.63) is 52.4 Å². The number of anilines is 3. The molecule has 1 fully saturated rings. The van der Waals surface area contributed by atoms with Gasteiger partial charge in [0, 0.05) is 32.5 Å². The number of rotatable bonds is 4. The van der Waals surface area contributed by atoms with E-state index in [2.05, 4.69) is 20.7 Å². The molecule has 8 heteroatoms. The van der Waals surface area contributed by atoms with Gasteiger partial charge in [-0.05, 0) is 56.0 Å². The van der Waals surface area contributed by atoms with Gasteiger partial charge in [-0.1, -0.05) is 6.07 Å². The van der Waals surface area contributed by atoms with Crippen LogP contribution in [0.1, 0.15) is 36.8 Å². The number of hydrogen-bond donors (Lipinski definition) is 3. The van der Waals surface area contributed by atoms with Crippen molar-refractivity contribution < 1.29 is 9.87 Å². The number of aliphatic hydroxyl groups excluding tert-OH is 1. The quantitative estimate of drug-likeness (QED) is 0.604. The van der Waals surface area contributed by atoms with E-state index < -0.39 is 0 Å². The fourth-order valence-electron chi connectivity index (χ4n) is 4.07. The van der Waals surface area contributed by atoms with Crippen molar-refractivity contribution >= 4 is 23.1 Å². The molecule has 0 saturated heterocycles. The molecule has 0 unspecified atom stereocenters. The zero-order valence-corrected chi connectivity index (χ0v) is 15.5. The summed E-state index contributed by atoms with van der Waals surface area (Å²) in [6.45, 7) is 0.878. The first-order chi connectivity index (χ1) is 13.6. The second-order valence-corrected chi connectivity index (χ2v) is 7.67. The lowest BCUT2D eigenvalue weighted by Gasteiger charge is -2.26. The summed E-state index contributed by atoms with van der Waals surface area (Å²) >= 11 is 0. The number of nitroso groups, excluding NO2 is 1. The third-order valence-corrected chi connectivity index (χ3v) is 5.56. The van der Waals surface area contributed by atoms with Gasteiger partial charge in [0.2, 0.25) is 19.0 Å². The zero-order chi connectivity index (χ0) is 19.1. The van der Waals surface area contributed by atoms with Gasteiger partial charge in [-0.15, -0.1) is 5.10 Å². The van der Waals surface area contributed by atoms with Gasteiger partial charge < -0.3 is 15.7 Å². The minimum atomic E-state index is -0.169. The molecule has 0 radical (unpaired) electrons. The molecule has 0 atom stereocenters. The fourth-order valence-corrected chi connectivity index (χ4v) is 4.07. The van der Waals surface area contributed by atoms with Gasteiger partial charge in [0.05, 0.1) is 6.10 Å². The summed E-state index contributed by atoms with van der Waals surface area (Å²) in [6.07, 6.45) is 3.39. The Kier molecular flexibility index (Phi) is 4.20. The van der Waals surface area contributed by atoms with Gasteiger partial charge in [0.1, 0.15) is 5.82 Å². The lowest BCUT2D eigenvalue weighted by molar-refractivity contribution is -0.569. The van der Waals surface area contributed by atoms with Crippen LogP contribution in [0.2, 0.25) is 0 Å². The predicted octanol–water partition coefficient (Wildman–Crippen LogP) is 2.98. The van der Waals surface area contributed by atoms with Crippen molar-refractivity contribution in [2.45, 2.75) is 50.9 Å². The third-order valence-electron chi connectivity index (χ3n) is 5.56. The monoisotopic (exact) mass is 379 g/mol. The minimum absolute atomic E-state index is 0.169. The van der Waals surface area contributed by atoms with E-state index in [0.29, 0.717) is 25.1 Å². The van der Waals surface area contributed by atoms with E-state index in [-0.39, 0.29) is 6.10 Å². The predicted molar refractivity (Wildman–Crippen MR) is 106 cm³/mol. The van der Waals surface area contributed by atoms with Gasteiger partial charge >= 0.3 is 0 Å². The Labute approximate surface area is 162 Å². The summed E-state index contributed by atoms with van der Waals surface area (Å²) < 4.78 is 2.86. The van der Waals surface area contributed by atoms with Crippen molar-refractivity contribution in [3.8, 4) is 0 Å². The van der Waals surface area contributed by atoms with Crippen molar-refractivity contribution in [1.29, 1.82) is 0 Å². The van der Waals surface area contributed by atoms with Crippen LogP contribution in [0.15, 0.2) is 36.4 Å². The first-order valence-corrected chi connectivity index (χ1v) is 9.75. The number of nitrogens with one attached hydrogen (secondary N) is 2. The molecule has 1 aliphatic heterocycles. The second-order valence-electron chi connectivity index (χ2n) is 7.67. The fraction of sp³-hybridized carbons (Fsp3) is 0.400. The van der Waals surface area contributed by atoms with Crippen molar-refractivity contribution in [1.82, 2.24) is 14.6 Å². The number of benzene rings is 1. The van der Waals surface area contributed by atoms with Crippen molar-refractivity contribution in [2.24, 2.45) is 0 Å². The number of aromatic nitrogens is 3. The Morgan fingerprint density at radius 2 is 1.89 bits per heavy atom. The molecule has 28 heavy (non-hydrogen) atoms. The van der Waals surface area contributed by atoms with Crippen LogP contribution in [0.3, 0.4) is 0 Å². The third kappa shape index (κ3) is 3.31. The van der Waals surface area contributed by atoms with E-state index in [0.717, 1.165) is 58.7 Å². The highest BCUT2D eigenvalue weighted by molar-refractivity contribution is 5.59. The highest BCUT2D eigenvalue weighted by atomic mass is 16.3. The van der Waals surface area contributed by atoms with E-state index in [1.165, 1.54) is 0 Å². The molecule has 0 bridgehead atoms. The molecular weight excluding hydrogens is 356 g/mol. The lowest BCUT2D eigenvalue weighted by Crippen LogP contribution is -2.29. The van der Waals surface area contributed by atoms with E-state index in [1.54, 1.807) is 4.52 Å². The molecule has 2 aromatic heterocycles. The highest BCUT2D eigenvalue weighted by Gasteiger charge is 2.25. The van der Waals surface area contributed by atoms with Crippen LogP contribution >= 0.6 is 0 Å². The Hall–Kier alpha value is -3.00. The summed E-state index contributed by atoms with van der Waals surface area (Å²) in [5.74, 6) is 1.42. The molecule has 8 nitrogen and oxygen atoms in total. The van der Waals surface area contributed by atoms with Crippen LogP contribution in [0.4, 0.5) is 17.5 Å².